The molecule has 297 valence electrons. The van der Waals surface area contributed by atoms with E-state index in [-0.39, 0.29) is 31.1 Å². The number of pyridine rings is 3. The fourth-order valence-corrected chi connectivity index (χ4v) is 11.0. The molecule has 8 rings (SSSR count). The van der Waals surface area contributed by atoms with Crippen LogP contribution in [-0.2, 0) is 37.5 Å². The Morgan fingerprint density at radius 1 is 0.825 bits per heavy atom. The molecular weight excluding hydrogens is 939 g/mol. The molecule has 57 heavy (non-hydrogen) atoms. The predicted octanol–water partition coefficient (Wildman–Crippen LogP) is 12.3. The molecule has 0 aliphatic heterocycles. The maximum Gasteiger partial charge on any atom is 0.216 e. The molecule has 0 spiro atoms. The van der Waals surface area contributed by atoms with Gasteiger partial charge in [-0.15, -0.1) is 17.7 Å². The first-order valence-corrected chi connectivity index (χ1v) is 27.2. The molecule has 0 bridgehead atoms. The predicted molar refractivity (Wildman–Crippen MR) is 238 cm³/mol. The topological polar surface area (TPSA) is 69.6 Å². The zero-order chi connectivity index (χ0) is 40.3. The van der Waals surface area contributed by atoms with Gasteiger partial charge in [0.25, 0.3) is 0 Å². The Morgan fingerprint density at radius 3 is 2.21 bits per heavy atom. The Labute approximate surface area is 354 Å². The van der Waals surface area contributed by atoms with Crippen LogP contribution in [0.15, 0.2) is 83.5 Å². The van der Waals surface area contributed by atoms with Crippen LogP contribution in [0.25, 0.3) is 66.7 Å². The van der Waals surface area contributed by atoms with Crippen molar-refractivity contribution >= 4 is 61.7 Å². The molecule has 0 atom stereocenters. The van der Waals surface area contributed by atoms with Crippen molar-refractivity contribution in [3.8, 4) is 22.6 Å². The van der Waals surface area contributed by atoms with Crippen molar-refractivity contribution in [2.45, 2.75) is 104 Å². The van der Waals surface area contributed by atoms with Crippen molar-refractivity contribution in [1.29, 1.82) is 0 Å². The number of benzene rings is 3. The van der Waals surface area contributed by atoms with Crippen molar-refractivity contribution in [2.24, 2.45) is 5.92 Å². The van der Waals surface area contributed by atoms with Gasteiger partial charge in [-0.05, 0) is 64.1 Å². The summed E-state index contributed by atoms with van der Waals surface area (Å²) in [7, 11) is 0. The number of imidazole rings is 1. The smallest absolute Gasteiger partial charge is 0.216 e. The summed E-state index contributed by atoms with van der Waals surface area (Å²) >= 11 is -1.90. The van der Waals surface area contributed by atoms with Gasteiger partial charge in [0, 0.05) is 48.3 Å². The van der Waals surface area contributed by atoms with Crippen LogP contribution in [0.2, 0.25) is 17.3 Å². The minimum atomic E-state index is -1.90. The molecular formula is C49H55GeIrN5O-2. The maximum absolute atomic E-state index is 6.28. The fraction of sp³-hybridized carbons (Fsp3) is 0.347. The molecule has 0 fully saturated rings. The minimum Gasteiger partial charge on any atom is -0.486 e. The molecule has 8 heteroatoms. The molecule has 6 nitrogen and oxygen atoms in total. The van der Waals surface area contributed by atoms with Gasteiger partial charge in [0.2, 0.25) is 5.71 Å². The number of furan rings is 1. The molecule has 0 saturated carbocycles. The number of hydrogen-bond acceptors (Lipinski definition) is 5. The van der Waals surface area contributed by atoms with E-state index in [0.29, 0.717) is 11.6 Å². The van der Waals surface area contributed by atoms with Crippen LogP contribution < -0.4 is 4.40 Å². The zero-order valence-corrected chi connectivity index (χ0v) is 40.3. The van der Waals surface area contributed by atoms with Crippen molar-refractivity contribution in [1.82, 2.24) is 24.5 Å². The van der Waals surface area contributed by atoms with E-state index >= 15 is 0 Å². The molecule has 5 aromatic heterocycles. The summed E-state index contributed by atoms with van der Waals surface area (Å²) in [6, 6.07) is 30.1. The number of nitrogens with zero attached hydrogens (tertiary/aromatic N) is 5. The SMILES string of the molecule is CC(C)Cc1cc(-c2[c-]cc(C(C)(C)C)cc2)nc[c]1[Ge]([CH3])([CH3])[CH3].Cc1ccc2c(ccc3nc(-c4[c-]cc(C)c5c4oc4ncccc45)n(C(C)(C)C)c32)n1.[Ir]. The molecule has 5 heterocycles. The van der Waals surface area contributed by atoms with Gasteiger partial charge >= 0.3 is 151 Å². The van der Waals surface area contributed by atoms with E-state index < -0.39 is 13.3 Å². The third-order valence-electron chi connectivity index (χ3n) is 10.4. The third kappa shape index (κ3) is 8.53. The van der Waals surface area contributed by atoms with E-state index in [1.807, 2.05) is 25.1 Å². The summed E-state index contributed by atoms with van der Waals surface area (Å²) < 4.78 is 10.1. The van der Waals surface area contributed by atoms with Gasteiger partial charge in [-0.1, -0.05) is 17.9 Å². The number of fused-ring (bicyclic) bond motifs is 6. The number of hydrogen-bond donors (Lipinski definition) is 0. The molecule has 3 aromatic carbocycles. The van der Waals surface area contributed by atoms with Crippen molar-refractivity contribution in [2.75, 3.05) is 0 Å². The van der Waals surface area contributed by atoms with Crippen LogP contribution in [0.4, 0.5) is 0 Å². The molecule has 1 radical (unpaired) electrons. The molecule has 8 aromatic rings. The van der Waals surface area contributed by atoms with Crippen LogP contribution in [-0.4, -0.2) is 37.8 Å². The minimum absolute atomic E-state index is 0. The van der Waals surface area contributed by atoms with Crippen LogP contribution in [0.3, 0.4) is 0 Å². The molecule has 0 amide bonds. The Bertz CT molecular complexity index is 2720. The quantitative estimate of drug-likeness (QED) is 0.127. The second-order valence-corrected chi connectivity index (χ2v) is 29.3. The van der Waals surface area contributed by atoms with Crippen LogP contribution >= 0.6 is 0 Å². The largest absolute Gasteiger partial charge is 0.486 e. The Balaban J connectivity index is 0.000000198. The summed E-state index contributed by atoms with van der Waals surface area (Å²) in [5.74, 6) is 8.85. The third-order valence-corrected chi connectivity index (χ3v) is 14.8. The van der Waals surface area contributed by atoms with Gasteiger partial charge in [-0.25, -0.2) is 4.98 Å². The first kappa shape index (κ1) is 42.4. The Morgan fingerprint density at radius 2 is 1.56 bits per heavy atom. The first-order valence-electron chi connectivity index (χ1n) is 19.8. The summed E-state index contributed by atoms with van der Waals surface area (Å²) in [5, 5.41) is 3.17. The molecule has 0 aliphatic rings. The van der Waals surface area contributed by atoms with Crippen molar-refractivity contribution < 1.29 is 24.5 Å². The van der Waals surface area contributed by atoms with Crippen molar-refractivity contribution in [3.63, 3.8) is 0 Å². The zero-order valence-electron chi connectivity index (χ0n) is 35.8. The van der Waals surface area contributed by atoms with Crippen LogP contribution in [0.5, 0.6) is 0 Å². The molecule has 0 aliphatic carbocycles. The monoisotopic (exact) mass is 996 g/mol. The van der Waals surface area contributed by atoms with Crippen LogP contribution in [0.1, 0.15) is 77.8 Å². The standard InChI is InChI=1S/C27H23N4O.C22H32GeN.Ir/c1-15-8-10-19(24-22(15)18-7-6-14-28-26(18)32-24)25-30-21-13-12-20-17(11-9-16(2)29-20)23(21)31(25)27(3,4)5;1-16(2)13-18-14-21(24-15-20(18)23(6,7)8)17-9-11-19(12-10-17)22(3,4)5;/h6-9,11-14H,1-5H3;9,11-12,14-16H,13H2,1-8H3;/q2*-1;. The second-order valence-electron chi connectivity index (χ2n) is 18.7. The van der Waals surface area contributed by atoms with E-state index in [9.17, 15) is 0 Å². The van der Waals surface area contributed by atoms with Gasteiger partial charge < -0.3 is 8.98 Å². The van der Waals surface area contributed by atoms with E-state index in [2.05, 4.69) is 156 Å². The van der Waals surface area contributed by atoms with Gasteiger partial charge in [0.05, 0.1) is 28.0 Å². The number of aromatic nitrogens is 5. The van der Waals surface area contributed by atoms with Gasteiger partial charge in [-0.2, -0.15) is 0 Å². The van der Waals surface area contributed by atoms with Gasteiger partial charge in [0.1, 0.15) is 0 Å². The normalized spacial score (nSPS) is 12.4. The summed E-state index contributed by atoms with van der Waals surface area (Å²) in [6.07, 6.45) is 5.04. The fourth-order valence-electron chi connectivity index (χ4n) is 7.66. The summed E-state index contributed by atoms with van der Waals surface area (Å²) in [6.45, 7) is 22.0. The Kier molecular flexibility index (Phi) is 11.8. The van der Waals surface area contributed by atoms with Crippen molar-refractivity contribution in [3.05, 3.63) is 114 Å². The van der Waals surface area contributed by atoms with Gasteiger partial charge in [-0.3, -0.25) is 9.97 Å². The van der Waals surface area contributed by atoms with E-state index in [1.165, 1.54) is 11.1 Å². The number of rotatable bonds is 5. The van der Waals surface area contributed by atoms with Gasteiger partial charge in [0.15, 0.2) is 0 Å². The summed E-state index contributed by atoms with van der Waals surface area (Å²) in [5.41, 5.74) is 12.3. The second kappa shape index (κ2) is 15.9. The van der Waals surface area contributed by atoms with E-state index in [4.69, 9.17) is 19.4 Å². The average molecular weight is 995 g/mol. The molecule has 0 N–H and O–H groups in total. The number of aryl methyl sites for hydroxylation is 2. The first-order chi connectivity index (χ1) is 26.3. The van der Waals surface area contributed by atoms with Crippen LogP contribution in [0, 0.1) is 31.9 Å². The maximum atomic E-state index is 6.28. The van der Waals surface area contributed by atoms with E-state index in [1.54, 1.807) is 10.6 Å². The summed E-state index contributed by atoms with van der Waals surface area (Å²) in [4.78, 5) is 19.1. The Hall–Kier alpha value is -4.17. The average Bonchev–Trinajstić information content (AvgIpc) is 3.71. The van der Waals surface area contributed by atoms with E-state index in [0.717, 1.165) is 78.6 Å². The molecule has 0 unspecified atom stereocenters. The molecule has 0 saturated heterocycles.